The number of carbonyl (C=O) groups is 1. The van der Waals surface area contributed by atoms with E-state index in [4.69, 9.17) is 11.6 Å². The van der Waals surface area contributed by atoms with Gasteiger partial charge >= 0.3 is 0 Å². The molecular formula is C13H13ClN2O. The molecule has 0 bridgehead atoms. The van der Waals surface area contributed by atoms with Crippen molar-refractivity contribution in [3.8, 4) is 0 Å². The van der Waals surface area contributed by atoms with Gasteiger partial charge in [-0.05, 0) is 25.0 Å². The van der Waals surface area contributed by atoms with Crippen LogP contribution in [0.5, 0.6) is 0 Å². The van der Waals surface area contributed by atoms with Crippen LogP contribution in [0, 0.1) is 0 Å². The number of likely N-dealkylation sites (tertiary alicyclic amines) is 1. The van der Waals surface area contributed by atoms with E-state index >= 15 is 0 Å². The van der Waals surface area contributed by atoms with Gasteiger partial charge < -0.3 is 9.88 Å². The largest absolute Gasteiger partial charge is 0.349 e. The number of carbonyl (C=O) groups excluding carboxylic acids is 1. The maximum absolute atomic E-state index is 12.2. The molecule has 0 aliphatic carbocycles. The zero-order valence-electron chi connectivity index (χ0n) is 9.37. The Kier molecular flexibility index (Phi) is 2.56. The molecule has 3 nitrogen and oxygen atoms in total. The first-order valence-corrected chi connectivity index (χ1v) is 6.20. The van der Waals surface area contributed by atoms with E-state index in [9.17, 15) is 4.79 Å². The smallest absolute Gasteiger partial charge is 0.270 e. The summed E-state index contributed by atoms with van der Waals surface area (Å²) < 4.78 is 0. The molecule has 1 aliphatic heterocycles. The number of H-pyrrole nitrogens is 1. The zero-order chi connectivity index (χ0) is 11.8. The third-order valence-electron chi connectivity index (χ3n) is 3.23. The van der Waals surface area contributed by atoms with Crippen LogP contribution in [0.4, 0.5) is 0 Å². The molecule has 17 heavy (non-hydrogen) atoms. The highest BCUT2D eigenvalue weighted by Gasteiger charge is 2.21. The van der Waals surface area contributed by atoms with Gasteiger partial charge in [0, 0.05) is 18.5 Å². The minimum atomic E-state index is 0.0785. The highest BCUT2D eigenvalue weighted by molar-refractivity contribution is 6.35. The lowest BCUT2D eigenvalue weighted by Gasteiger charge is -2.13. The van der Waals surface area contributed by atoms with E-state index in [0.717, 1.165) is 36.8 Å². The number of nitrogens with zero attached hydrogens (tertiary/aromatic N) is 1. The average Bonchev–Trinajstić information content (AvgIpc) is 2.98. The lowest BCUT2D eigenvalue weighted by molar-refractivity contribution is 0.0788. The fourth-order valence-electron chi connectivity index (χ4n) is 2.32. The van der Waals surface area contributed by atoms with Crippen LogP contribution < -0.4 is 0 Å². The number of benzene rings is 1. The van der Waals surface area contributed by atoms with E-state index in [2.05, 4.69) is 4.98 Å². The Morgan fingerprint density at radius 2 is 2.06 bits per heavy atom. The summed E-state index contributed by atoms with van der Waals surface area (Å²) in [5.41, 5.74) is 1.48. The second kappa shape index (κ2) is 4.08. The molecule has 0 spiro atoms. The molecule has 1 amide bonds. The second-order valence-electron chi connectivity index (χ2n) is 4.39. The van der Waals surface area contributed by atoms with E-state index < -0.39 is 0 Å². The van der Waals surface area contributed by atoms with Gasteiger partial charge in [-0.1, -0.05) is 23.7 Å². The molecule has 1 aromatic heterocycles. The summed E-state index contributed by atoms with van der Waals surface area (Å²) in [6.45, 7) is 1.73. The number of aromatic nitrogens is 1. The van der Waals surface area contributed by atoms with Crippen molar-refractivity contribution in [2.45, 2.75) is 12.8 Å². The van der Waals surface area contributed by atoms with Crippen LogP contribution in [0.3, 0.4) is 0 Å². The summed E-state index contributed by atoms with van der Waals surface area (Å²) >= 11 is 6.08. The van der Waals surface area contributed by atoms with Crippen molar-refractivity contribution in [1.82, 2.24) is 9.88 Å². The van der Waals surface area contributed by atoms with E-state index in [1.54, 1.807) is 0 Å². The lowest BCUT2D eigenvalue weighted by atomic mass is 10.2. The van der Waals surface area contributed by atoms with Gasteiger partial charge in [-0.3, -0.25) is 4.79 Å². The van der Waals surface area contributed by atoms with Crippen molar-refractivity contribution >= 4 is 28.4 Å². The molecular weight excluding hydrogens is 236 g/mol. The van der Waals surface area contributed by atoms with Gasteiger partial charge in [-0.25, -0.2) is 0 Å². The summed E-state index contributed by atoms with van der Waals surface area (Å²) in [5.74, 6) is 0.0785. The fraction of sp³-hybridized carbons (Fsp3) is 0.308. The topological polar surface area (TPSA) is 36.1 Å². The van der Waals surface area contributed by atoms with Crippen molar-refractivity contribution < 1.29 is 4.79 Å². The van der Waals surface area contributed by atoms with Gasteiger partial charge in [0.2, 0.25) is 0 Å². The van der Waals surface area contributed by atoms with Gasteiger partial charge in [0.05, 0.1) is 10.5 Å². The summed E-state index contributed by atoms with van der Waals surface area (Å²) in [6, 6.07) is 7.55. The van der Waals surface area contributed by atoms with Gasteiger partial charge in [0.25, 0.3) is 5.91 Å². The van der Waals surface area contributed by atoms with Crippen LogP contribution in [-0.2, 0) is 0 Å². The maximum atomic E-state index is 12.2. The predicted octanol–water partition coefficient (Wildman–Crippen LogP) is 3.06. The Morgan fingerprint density at radius 1 is 1.29 bits per heavy atom. The van der Waals surface area contributed by atoms with Crippen molar-refractivity contribution in [1.29, 1.82) is 0 Å². The summed E-state index contributed by atoms with van der Waals surface area (Å²) in [7, 11) is 0. The third-order valence-corrected chi connectivity index (χ3v) is 3.54. The van der Waals surface area contributed by atoms with E-state index in [-0.39, 0.29) is 5.91 Å². The minimum absolute atomic E-state index is 0.0785. The molecule has 3 rings (SSSR count). The first kappa shape index (κ1) is 10.7. The zero-order valence-corrected chi connectivity index (χ0v) is 10.1. The standard InChI is InChI=1S/C13H13ClN2O/c14-10-5-3-4-9-8-11(15-12(9)10)13(17)16-6-1-2-7-16/h3-5,8,15H,1-2,6-7H2. The van der Waals surface area contributed by atoms with Crippen molar-refractivity contribution in [2.24, 2.45) is 0 Å². The van der Waals surface area contributed by atoms with E-state index in [0.29, 0.717) is 10.7 Å². The third kappa shape index (κ3) is 1.80. The van der Waals surface area contributed by atoms with Crippen molar-refractivity contribution in [3.05, 3.63) is 35.0 Å². The van der Waals surface area contributed by atoms with Crippen molar-refractivity contribution in [3.63, 3.8) is 0 Å². The first-order valence-electron chi connectivity index (χ1n) is 5.82. The van der Waals surface area contributed by atoms with Crippen LogP contribution >= 0.6 is 11.6 Å². The van der Waals surface area contributed by atoms with Crippen molar-refractivity contribution in [2.75, 3.05) is 13.1 Å². The number of hydrogen-bond donors (Lipinski definition) is 1. The van der Waals surface area contributed by atoms with Crippen LogP contribution in [-0.4, -0.2) is 28.9 Å². The molecule has 1 N–H and O–H groups in total. The molecule has 2 aromatic rings. The molecule has 0 saturated carbocycles. The maximum Gasteiger partial charge on any atom is 0.270 e. The van der Waals surface area contributed by atoms with Crippen LogP contribution in [0.25, 0.3) is 10.9 Å². The van der Waals surface area contributed by atoms with E-state index in [1.807, 2.05) is 29.2 Å². The number of halogens is 1. The molecule has 0 radical (unpaired) electrons. The molecule has 1 saturated heterocycles. The highest BCUT2D eigenvalue weighted by Crippen LogP contribution is 2.24. The molecule has 4 heteroatoms. The lowest BCUT2D eigenvalue weighted by Crippen LogP contribution is -2.27. The number of para-hydroxylation sites is 1. The molecule has 0 unspecified atom stereocenters. The summed E-state index contributed by atoms with van der Waals surface area (Å²) in [4.78, 5) is 17.2. The Labute approximate surface area is 104 Å². The van der Waals surface area contributed by atoms with Crippen LogP contribution in [0.15, 0.2) is 24.3 Å². The normalized spacial score (nSPS) is 15.7. The first-order chi connectivity index (χ1) is 8.25. The Balaban J connectivity index is 2.00. The SMILES string of the molecule is O=C(c1cc2cccc(Cl)c2[nH]1)N1CCCC1. The number of fused-ring (bicyclic) bond motifs is 1. The van der Waals surface area contributed by atoms with Gasteiger partial charge in [0.1, 0.15) is 5.69 Å². The van der Waals surface area contributed by atoms with E-state index in [1.165, 1.54) is 0 Å². The highest BCUT2D eigenvalue weighted by atomic mass is 35.5. The average molecular weight is 249 g/mol. The Morgan fingerprint density at radius 3 is 2.76 bits per heavy atom. The van der Waals surface area contributed by atoms with Gasteiger partial charge in [-0.15, -0.1) is 0 Å². The Bertz CT molecular complexity index is 570. The Hall–Kier alpha value is -1.48. The van der Waals surface area contributed by atoms with Gasteiger partial charge in [-0.2, -0.15) is 0 Å². The monoisotopic (exact) mass is 248 g/mol. The molecule has 2 heterocycles. The summed E-state index contributed by atoms with van der Waals surface area (Å²) in [5, 5.41) is 1.64. The number of aromatic amines is 1. The van der Waals surface area contributed by atoms with Gasteiger partial charge in [0.15, 0.2) is 0 Å². The molecule has 0 atom stereocenters. The van der Waals surface area contributed by atoms with Crippen LogP contribution in [0.2, 0.25) is 5.02 Å². The minimum Gasteiger partial charge on any atom is -0.349 e. The molecule has 1 fully saturated rings. The van der Waals surface area contributed by atoms with Crippen LogP contribution in [0.1, 0.15) is 23.3 Å². The number of hydrogen-bond acceptors (Lipinski definition) is 1. The number of rotatable bonds is 1. The molecule has 1 aliphatic rings. The fourth-order valence-corrected chi connectivity index (χ4v) is 2.55. The predicted molar refractivity (Wildman–Crippen MR) is 68.4 cm³/mol. The number of nitrogens with one attached hydrogen (secondary N) is 1. The molecule has 88 valence electrons. The quantitative estimate of drug-likeness (QED) is 0.827. The second-order valence-corrected chi connectivity index (χ2v) is 4.79. The summed E-state index contributed by atoms with van der Waals surface area (Å²) in [6.07, 6.45) is 2.21. The number of amides is 1. The molecule has 1 aromatic carbocycles.